The van der Waals surface area contributed by atoms with Crippen molar-refractivity contribution in [3.63, 3.8) is 0 Å². The maximum Gasteiger partial charge on any atom is 0.302 e. The SMILES string of the molecule is CC(=O)OC[C@@]1(C)C[C@@H]1C[C@H]1C[C@@H]2C[C@]2(C)C1(C)C. The van der Waals surface area contributed by atoms with Gasteiger partial charge in [-0.1, -0.05) is 27.7 Å². The summed E-state index contributed by atoms with van der Waals surface area (Å²) in [6, 6.07) is 0. The minimum atomic E-state index is -0.137. The highest BCUT2D eigenvalue weighted by molar-refractivity contribution is 5.65. The van der Waals surface area contributed by atoms with Crippen LogP contribution in [-0.2, 0) is 9.53 Å². The van der Waals surface area contributed by atoms with Crippen molar-refractivity contribution in [3.05, 3.63) is 0 Å². The van der Waals surface area contributed by atoms with Crippen molar-refractivity contribution in [1.82, 2.24) is 0 Å². The number of fused-ring (bicyclic) bond motifs is 1. The van der Waals surface area contributed by atoms with Crippen LogP contribution in [0.25, 0.3) is 0 Å². The van der Waals surface area contributed by atoms with Crippen LogP contribution in [0.1, 0.15) is 60.3 Å². The van der Waals surface area contributed by atoms with Gasteiger partial charge in [0.15, 0.2) is 0 Å². The molecule has 0 aliphatic heterocycles. The fraction of sp³-hybridized carbons (Fsp3) is 0.941. The highest BCUT2D eigenvalue weighted by Crippen LogP contribution is 2.75. The maximum absolute atomic E-state index is 10.9. The van der Waals surface area contributed by atoms with Crippen molar-refractivity contribution in [2.45, 2.75) is 60.3 Å². The van der Waals surface area contributed by atoms with E-state index in [-0.39, 0.29) is 11.4 Å². The molecule has 0 bridgehead atoms. The van der Waals surface area contributed by atoms with Crippen LogP contribution in [0, 0.1) is 34.0 Å². The zero-order valence-corrected chi connectivity index (χ0v) is 13.1. The molecule has 108 valence electrons. The van der Waals surface area contributed by atoms with Gasteiger partial charge in [-0.3, -0.25) is 4.79 Å². The van der Waals surface area contributed by atoms with Crippen molar-refractivity contribution in [3.8, 4) is 0 Å². The Labute approximate surface area is 117 Å². The fourth-order valence-corrected chi connectivity index (χ4v) is 4.74. The summed E-state index contributed by atoms with van der Waals surface area (Å²) in [5.41, 5.74) is 1.40. The molecule has 0 N–H and O–H groups in total. The molecule has 3 saturated carbocycles. The Morgan fingerprint density at radius 2 is 1.84 bits per heavy atom. The molecule has 19 heavy (non-hydrogen) atoms. The lowest BCUT2D eigenvalue weighted by atomic mass is 9.69. The highest BCUT2D eigenvalue weighted by Gasteiger charge is 2.68. The monoisotopic (exact) mass is 264 g/mol. The Morgan fingerprint density at radius 3 is 2.37 bits per heavy atom. The van der Waals surface area contributed by atoms with Crippen molar-refractivity contribution in [2.24, 2.45) is 34.0 Å². The molecule has 0 aromatic rings. The molecule has 3 fully saturated rings. The van der Waals surface area contributed by atoms with Crippen molar-refractivity contribution in [2.75, 3.05) is 6.61 Å². The average molecular weight is 264 g/mol. The molecule has 0 unspecified atom stereocenters. The van der Waals surface area contributed by atoms with Crippen LogP contribution in [0.3, 0.4) is 0 Å². The second-order valence-electron chi connectivity index (χ2n) is 8.54. The van der Waals surface area contributed by atoms with Gasteiger partial charge in [0.05, 0.1) is 6.61 Å². The van der Waals surface area contributed by atoms with Gasteiger partial charge in [-0.25, -0.2) is 0 Å². The molecular formula is C17H28O2. The van der Waals surface area contributed by atoms with E-state index in [0.717, 1.165) is 17.8 Å². The van der Waals surface area contributed by atoms with Gasteiger partial charge < -0.3 is 4.74 Å². The normalized spacial score (nSPS) is 49.6. The van der Waals surface area contributed by atoms with Crippen LogP contribution in [0.4, 0.5) is 0 Å². The Kier molecular flexibility index (Phi) is 2.67. The molecule has 0 aromatic heterocycles. The molecule has 0 saturated heterocycles. The summed E-state index contributed by atoms with van der Waals surface area (Å²) < 4.78 is 5.23. The van der Waals surface area contributed by atoms with E-state index in [1.54, 1.807) is 0 Å². The first-order chi connectivity index (χ1) is 8.69. The molecule has 0 heterocycles. The first kappa shape index (κ1) is 13.5. The Balaban J connectivity index is 1.56. The van der Waals surface area contributed by atoms with Crippen molar-refractivity contribution in [1.29, 1.82) is 0 Å². The summed E-state index contributed by atoms with van der Waals surface area (Å²) >= 11 is 0. The van der Waals surface area contributed by atoms with E-state index >= 15 is 0 Å². The van der Waals surface area contributed by atoms with E-state index in [1.165, 1.54) is 32.6 Å². The summed E-state index contributed by atoms with van der Waals surface area (Å²) in [4.78, 5) is 10.9. The number of hydrogen-bond donors (Lipinski definition) is 0. The van der Waals surface area contributed by atoms with E-state index in [4.69, 9.17) is 4.74 Å². The molecule has 3 aliphatic carbocycles. The van der Waals surface area contributed by atoms with Crippen LogP contribution < -0.4 is 0 Å². The van der Waals surface area contributed by atoms with Gasteiger partial charge in [-0.05, 0) is 54.3 Å². The number of carbonyl (C=O) groups excluding carboxylic acids is 1. The number of hydrogen-bond acceptors (Lipinski definition) is 2. The quantitative estimate of drug-likeness (QED) is 0.716. The molecular weight excluding hydrogens is 236 g/mol. The average Bonchev–Trinajstić information content (AvgIpc) is 3.12. The predicted octanol–water partition coefficient (Wildman–Crippen LogP) is 4.04. The minimum Gasteiger partial charge on any atom is -0.465 e. The molecule has 3 rings (SSSR count). The predicted molar refractivity (Wildman–Crippen MR) is 75.6 cm³/mol. The first-order valence-corrected chi connectivity index (χ1v) is 7.82. The standard InChI is InChI=1S/C17H28O2/c1-11(18)19-10-16(4)8-13(16)6-12-7-14-9-17(14,5)15(12,2)3/h12-14H,6-10H2,1-5H3/t12-,13-,14+,16+,17-/m0/s1. The molecule has 0 aromatic carbocycles. The molecule has 5 atom stereocenters. The lowest BCUT2D eigenvalue weighted by Gasteiger charge is -2.36. The van der Waals surface area contributed by atoms with Gasteiger partial charge in [-0.15, -0.1) is 0 Å². The molecule has 2 nitrogen and oxygen atoms in total. The third-order valence-corrected chi connectivity index (χ3v) is 7.19. The summed E-state index contributed by atoms with van der Waals surface area (Å²) in [6.07, 6.45) is 5.47. The summed E-state index contributed by atoms with van der Waals surface area (Å²) in [6.45, 7) is 11.9. The molecule has 0 amide bonds. The number of carbonyl (C=O) groups is 1. The second-order valence-corrected chi connectivity index (χ2v) is 8.54. The minimum absolute atomic E-state index is 0.137. The molecule has 2 heteroatoms. The molecule has 3 aliphatic rings. The van der Waals surface area contributed by atoms with Gasteiger partial charge in [0, 0.05) is 12.3 Å². The number of rotatable bonds is 4. The topological polar surface area (TPSA) is 26.3 Å². The largest absolute Gasteiger partial charge is 0.465 e. The van der Waals surface area contributed by atoms with Crippen molar-refractivity contribution >= 4 is 5.97 Å². The van der Waals surface area contributed by atoms with Gasteiger partial charge in [-0.2, -0.15) is 0 Å². The van der Waals surface area contributed by atoms with E-state index in [2.05, 4.69) is 27.7 Å². The first-order valence-electron chi connectivity index (χ1n) is 7.82. The highest BCUT2D eigenvalue weighted by atomic mass is 16.5. The van der Waals surface area contributed by atoms with Crippen LogP contribution in [-0.4, -0.2) is 12.6 Å². The Bertz CT molecular complexity index is 413. The van der Waals surface area contributed by atoms with Gasteiger partial charge in [0.2, 0.25) is 0 Å². The van der Waals surface area contributed by atoms with E-state index in [9.17, 15) is 4.79 Å². The van der Waals surface area contributed by atoms with E-state index in [0.29, 0.717) is 17.4 Å². The van der Waals surface area contributed by atoms with Gasteiger partial charge >= 0.3 is 5.97 Å². The summed E-state index contributed by atoms with van der Waals surface area (Å²) in [5, 5.41) is 0. The zero-order chi connectivity index (χ0) is 14.1. The maximum atomic E-state index is 10.9. The summed E-state index contributed by atoms with van der Waals surface area (Å²) in [7, 11) is 0. The third kappa shape index (κ3) is 1.94. The van der Waals surface area contributed by atoms with Gasteiger partial charge in [0.25, 0.3) is 0 Å². The van der Waals surface area contributed by atoms with Crippen LogP contribution in [0.5, 0.6) is 0 Å². The number of esters is 1. The van der Waals surface area contributed by atoms with Gasteiger partial charge in [0.1, 0.15) is 0 Å². The van der Waals surface area contributed by atoms with E-state index < -0.39 is 0 Å². The number of ether oxygens (including phenoxy) is 1. The third-order valence-electron chi connectivity index (χ3n) is 7.19. The molecule has 0 spiro atoms. The lowest BCUT2D eigenvalue weighted by molar-refractivity contribution is -0.142. The van der Waals surface area contributed by atoms with E-state index in [1.807, 2.05) is 0 Å². The van der Waals surface area contributed by atoms with Crippen molar-refractivity contribution < 1.29 is 9.53 Å². The zero-order valence-electron chi connectivity index (χ0n) is 13.1. The fourth-order valence-electron chi connectivity index (χ4n) is 4.74. The Hall–Kier alpha value is -0.530. The second kappa shape index (κ2) is 3.77. The lowest BCUT2D eigenvalue weighted by Crippen LogP contribution is -2.28. The smallest absolute Gasteiger partial charge is 0.302 e. The Morgan fingerprint density at radius 1 is 1.16 bits per heavy atom. The van der Waals surface area contributed by atoms with Crippen LogP contribution >= 0.6 is 0 Å². The van der Waals surface area contributed by atoms with Crippen LogP contribution in [0.15, 0.2) is 0 Å². The molecule has 0 radical (unpaired) electrons. The van der Waals surface area contributed by atoms with Crippen LogP contribution in [0.2, 0.25) is 0 Å². The summed E-state index contributed by atoms with van der Waals surface area (Å²) in [5.74, 6) is 2.51.